The van der Waals surface area contributed by atoms with Crippen molar-refractivity contribution in [1.29, 1.82) is 5.26 Å². The van der Waals surface area contributed by atoms with Gasteiger partial charge < -0.3 is 10.6 Å². The molecule has 16 heavy (non-hydrogen) atoms. The Morgan fingerprint density at radius 3 is 3.25 bits per heavy atom. The number of aromatic nitrogens is 1. The summed E-state index contributed by atoms with van der Waals surface area (Å²) in [6, 6.07) is 8.13. The Labute approximate surface area is 95.7 Å². The Morgan fingerprint density at radius 2 is 2.50 bits per heavy atom. The van der Waals surface area contributed by atoms with E-state index in [0.29, 0.717) is 11.7 Å². The van der Waals surface area contributed by atoms with E-state index in [2.05, 4.69) is 15.6 Å². The van der Waals surface area contributed by atoms with E-state index in [4.69, 9.17) is 5.26 Å². The third-order valence-corrected chi connectivity index (χ3v) is 2.82. The Bertz CT molecular complexity index is 377. The Balaban J connectivity index is 1.78. The van der Waals surface area contributed by atoms with Crippen LogP contribution >= 0.6 is 0 Å². The summed E-state index contributed by atoms with van der Waals surface area (Å²) in [6.07, 6.45) is 3.67. The van der Waals surface area contributed by atoms with E-state index in [1.54, 1.807) is 6.07 Å². The third kappa shape index (κ3) is 2.94. The highest BCUT2D eigenvalue weighted by Gasteiger charge is 2.12. The smallest absolute Gasteiger partial charge is 0.142 e. The lowest BCUT2D eigenvalue weighted by atomic mass is 10.1. The van der Waals surface area contributed by atoms with E-state index in [1.165, 1.54) is 12.8 Å². The highest BCUT2D eigenvalue weighted by molar-refractivity contribution is 5.38. The van der Waals surface area contributed by atoms with Gasteiger partial charge in [-0.3, -0.25) is 0 Å². The Kier molecular flexibility index (Phi) is 3.73. The number of nitrogens with one attached hydrogen (secondary N) is 2. The molecule has 2 rings (SSSR count). The fourth-order valence-corrected chi connectivity index (χ4v) is 1.97. The van der Waals surface area contributed by atoms with Gasteiger partial charge in [0.15, 0.2) is 0 Å². The summed E-state index contributed by atoms with van der Waals surface area (Å²) in [4.78, 5) is 4.16. The molecule has 0 bridgehead atoms. The summed E-state index contributed by atoms with van der Waals surface area (Å²) < 4.78 is 0. The number of hydrogen-bond acceptors (Lipinski definition) is 4. The van der Waals surface area contributed by atoms with E-state index < -0.39 is 0 Å². The van der Waals surface area contributed by atoms with Crippen molar-refractivity contribution < 1.29 is 0 Å². The van der Waals surface area contributed by atoms with Crippen LogP contribution in [0.3, 0.4) is 0 Å². The van der Waals surface area contributed by atoms with Crippen molar-refractivity contribution in [1.82, 2.24) is 10.3 Å². The summed E-state index contributed by atoms with van der Waals surface area (Å²) in [6.45, 7) is 2.05. The number of nitriles is 1. The molecule has 1 aliphatic rings. The van der Waals surface area contributed by atoms with Crippen molar-refractivity contribution in [3.05, 3.63) is 23.9 Å². The molecule has 84 valence electrons. The molecule has 0 aromatic carbocycles. The molecule has 0 spiro atoms. The molecule has 1 unspecified atom stereocenters. The van der Waals surface area contributed by atoms with Crippen LogP contribution in [0.1, 0.15) is 25.0 Å². The molecule has 0 amide bonds. The Hall–Kier alpha value is -1.60. The SMILES string of the molecule is N#Cc1cccc(NCCC2CCCN2)n1. The van der Waals surface area contributed by atoms with Gasteiger partial charge in [-0.2, -0.15) is 5.26 Å². The maximum atomic E-state index is 8.71. The van der Waals surface area contributed by atoms with Crippen LogP contribution in [-0.4, -0.2) is 24.1 Å². The second-order valence-corrected chi connectivity index (χ2v) is 4.03. The van der Waals surface area contributed by atoms with Crippen molar-refractivity contribution in [3.63, 3.8) is 0 Å². The van der Waals surface area contributed by atoms with E-state index in [-0.39, 0.29) is 0 Å². The molecular weight excluding hydrogens is 200 g/mol. The molecule has 1 fully saturated rings. The minimum Gasteiger partial charge on any atom is -0.370 e. The van der Waals surface area contributed by atoms with Crippen molar-refractivity contribution >= 4 is 5.82 Å². The van der Waals surface area contributed by atoms with Gasteiger partial charge in [0, 0.05) is 12.6 Å². The topological polar surface area (TPSA) is 60.7 Å². The van der Waals surface area contributed by atoms with Crippen molar-refractivity contribution in [2.24, 2.45) is 0 Å². The quantitative estimate of drug-likeness (QED) is 0.801. The highest BCUT2D eigenvalue weighted by Crippen LogP contribution is 2.09. The zero-order valence-corrected chi connectivity index (χ0v) is 9.24. The molecule has 1 aromatic heterocycles. The monoisotopic (exact) mass is 216 g/mol. The molecule has 0 aliphatic carbocycles. The van der Waals surface area contributed by atoms with Crippen LogP contribution in [0.2, 0.25) is 0 Å². The fraction of sp³-hybridized carbons (Fsp3) is 0.500. The third-order valence-electron chi connectivity index (χ3n) is 2.82. The maximum Gasteiger partial charge on any atom is 0.142 e. The van der Waals surface area contributed by atoms with Crippen LogP contribution < -0.4 is 10.6 Å². The predicted molar refractivity (Wildman–Crippen MR) is 63.1 cm³/mol. The van der Waals surface area contributed by atoms with Crippen LogP contribution in [0.25, 0.3) is 0 Å². The average molecular weight is 216 g/mol. The Morgan fingerprint density at radius 1 is 1.56 bits per heavy atom. The largest absolute Gasteiger partial charge is 0.370 e. The minimum absolute atomic E-state index is 0.462. The molecule has 2 N–H and O–H groups in total. The number of anilines is 1. The van der Waals surface area contributed by atoms with Crippen molar-refractivity contribution in [2.45, 2.75) is 25.3 Å². The van der Waals surface area contributed by atoms with E-state index in [1.807, 2.05) is 18.2 Å². The predicted octanol–water partition coefficient (Wildman–Crippen LogP) is 1.51. The van der Waals surface area contributed by atoms with Crippen molar-refractivity contribution in [2.75, 3.05) is 18.4 Å². The first kappa shape index (κ1) is 10.9. The summed E-state index contributed by atoms with van der Waals surface area (Å²) in [5, 5.41) is 15.4. The summed E-state index contributed by atoms with van der Waals surface area (Å²) in [5.41, 5.74) is 0.462. The van der Waals surface area contributed by atoms with Gasteiger partial charge in [0.05, 0.1) is 0 Å². The van der Waals surface area contributed by atoms with E-state index >= 15 is 0 Å². The molecule has 1 aliphatic heterocycles. The lowest BCUT2D eigenvalue weighted by Gasteiger charge is -2.10. The van der Waals surface area contributed by atoms with Gasteiger partial charge in [0.25, 0.3) is 0 Å². The molecule has 1 saturated heterocycles. The first-order valence-electron chi connectivity index (χ1n) is 5.73. The normalized spacial score (nSPS) is 19.3. The van der Waals surface area contributed by atoms with Gasteiger partial charge in [-0.25, -0.2) is 4.98 Å². The zero-order chi connectivity index (χ0) is 11.2. The maximum absolute atomic E-state index is 8.71. The zero-order valence-electron chi connectivity index (χ0n) is 9.24. The highest BCUT2D eigenvalue weighted by atomic mass is 15.0. The van der Waals surface area contributed by atoms with E-state index in [0.717, 1.165) is 25.3 Å². The van der Waals surface area contributed by atoms with Gasteiger partial charge >= 0.3 is 0 Å². The second-order valence-electron chi connectivity index (χ2n) is 4.03. The van der Waals surface area contributed by atoms with Gasteiger partial charge in [-0.15, -0.1) is 0 Å². The van der Waals surface area contributed by atoms with Crippen LogP contribution in [0, 0.1) is 11.3 Å². The van der Waals surface area contributed by atoms with Gasteiger partial charge in [-0.05, 0) is 37.9 Å². The molecule has 1 atom stereocenters. The van der Waals surface area contributed by atoms with Crippen LogP contribution in [0.5, 0.6) is 0 Å². The summed E-state index contributed by atoms with van der Waals surface area (Å²) in [7, 11) is 0. The van der Waals surface area contributed by atoms with E-state index in [9.17, 15) is 0 Å². The number of nitrogens with zero attached hydrogens (tertiary/aromatic N) is 2. The molecule has 0 radical (unpaired) electrons. The average Bonchev–Trinajstić information content (AvgIpc) is 2.82. The molecule has 2 heterocycles. The number of hydrogen-bond donors (Lipinski definition) is 2. The summed E-state index contributed by atoms with van der Waals surface area (Å²) in [5.74, 6) is 0.789. The second kappa shape index (κ2) is 5.47. The summed E-state index contributed by atoms with van der Waals surface area (Å²) >= 11 is 0. The lowest BCUT2D eigenvalue weighted by molar-refractivity contribution is 0.574. The molecule has 0 saturated carbocycles. The van der Waals surface area contributed by atoms with Crippen LogP contribution in [-0.2, 0) is 0 Å². The standard InChI is InChI=1S/C12H16N4/c13-9-11-3-1-5-12(16-11)15-8-6-10-4-2-7-14-10/h1,3,5,10,14H,2,4,6-8H2,(H,15,16). The first-order chi connectivity index (χ1) is 7.88. The number of rotatable bonds is 4. The minimum atomic E-state index is 0.462. The van der Waals surface area contributed by atoms with Gasteiger partial charge in [0.1, 0.15) is 17.6 Å². The van der Waals surface area contributed by atoms with Gasteiger partial charge in [-0.1, -0.05) is 6.07 Å². The lowest BCUT2D eigenvalue weighted by Crippen LogP contribution is -2.24. The van der Waals surface area contributed by atoms with Crippen molar-refractivity contribution in [3.8, 4) is 6.07 Å². The fourth-order valence-electron chi connectivity index (χ4n) is 1.97. The first-order valence-corrected chi connectivity index (χ1v) is 5.73. The molecule has 4 nitrogen and oxygen atoms in total. The number of pyridine rings is 1. The molecule has 1 aromatic rings. The van der Waals surface area contributed by atoms with Crippen LogP contribution in [0.15, 0.2) is 18.2 Å². The molecular formula is C12H16N4. The van der Waals surface area contributed by atoms with Gasteiger partial charge in [0.2, 0.25) is 0 Å². The molecule has 4 heteroatoms. The van der Waals surface area contributed by atoms with Crippen LogP contribution in [0.4, 0.5) is 5.82 Å².